The van der Waals surface area contributed by atoms with Crippen molar-refractivity contribution in [1.29, 1.82) is 0 Å². The molecule has 4 fully saturated rings. The number of ether oxygens (including phenoxy) is 2. The van der Waals surface area contributed by atoms with E-state index in [1.54, 1.807) is 12.4 Å². The van der Waals surface area contributed by atoms with Gasteiger partial charge in [0.15, 0.2) is 5.79 Å². The molecule has 1 saturated heterocycles. The molecule has 102 valence electrons. The standard InChI is InChI=1S/C15H19NO3/c17-14(13-2-1-5-16-10-13)8-12-4-3-11(14)9-15(12)18-6-7-19-15/h1-2,5,10-12,17H,3-4,6-9H2. The number of nitrogens with zero attached hydrogens (tertiary/aromatic N) is 1. The third-order valence-electron chi connectivity index (χ3n) is 5.19. The zero-order valence-corrected chi connectivity index (χ0v) is 10.9. The minimum atomic E-state index is -0.752. The Labute approximate surface area is 112 Å². The maximum Gasteiger partial charge on any atom is 0.171 e. The molecule has 3 aliphatic carbocycles. The Morgan fingerprint density at radius 3 is 2.58 bits per heavy atom. The summed E-state index contributed by atoms with van der Waals surface area (Å²) in [5.41, 5.74) is 0.190. The van der Waals surface area contributed by atoms with Gasteiger partial charge in [0, 0.05) is 30.3 Å². The minimum Gasteiger partial charge on any atom is -0.385 e. The Kier molecular flexibility index (Phi) is 2.50. The van der Waals surface area contributed by atoms with E-state index in [2.05, 4.69) is 4.98 Å². The van der Waals surface area contributed by atoms with Gasteiger partial charge in [0.05, 0.1) is 18.8 Å². The number of pyridine rings is 1. The van der Waals surface area contributed by atoms with Gasteiger partial charge < -0.3 is 14.6 Å². The van der Waals surface area contributed by atoms with Gasteiger partial charge in [-0.1, -0.05) is 6.07 Å². The summed E-state index contributed by atoms with van der Waals surface area (Å²) in [5.74, 6) is 0.0992. The number of hydrogen-bond donors (Lipinski definition) is 1. The second kappa shape index (κ2) is 4.01. The van der Waals surface area contributed by atoms with E-state index in [4.69, 9.17) is 9.47 Å². The van der Waals surface area contributed by atoms with Crippen molar-refractivity contribution < 1.29 is 14.6 Å². The summed E-state index contributed by atoms with van der Waals surface area (Å²) in [5, 5.41) is 11.1. The van der Waals surface area contributed by atoms with Crippen LogP contribution in [0.4, 0.5) is 0 Å². The molecule has 1 N–H and O–H groups in total. The number of rotatable bonds is 1. The number of fused-ring (bicyclic) bond motifs is 2. The number of hydrogen-bond acceptors (Lipinski definition) is 4. The van der Waals surface area contributed by atoms with Crippen molar-refractivity contribution in [2.45, 2.75) is 37.1 Å². The molecule has 2 bridgehead atoms. The molecule has 2 heterocycles. The first-order chi connectivity index (χ1) is 9.23. The summed E-state index contributed by atoms with van der Waals surface area (Å²) in [6.07, 6.45) is 7.21. The fraction of sp³-hybridized carbons (Fsp3) is 0.667. The molecule has 1 aromatic heterocycles. The highest BCUT2D eigenvalue weighted by Crippen LogP contribution is 2.58. The molecule has 0 amide bonds. The van der Waals surface area contributed by atoms with E-state index >= 15 is 0 Å². The fourth-order valence-corrected chi connectivity index (χ4v) is 4.24. The molecule has 3 saturated carbocycles. The van der Waals surface area contributed by atoms with Gasteiger partial charge in [0.2, 0.25) is 0 Å². The van der Waals surface area contributed by atoms with E-state index in [1.165, 1.54) is 0 Å². The van der Waals surface area contributed by atoms with E-state index in [0.29, 0.717) is 19.1 Å². The van der Waals surface area contributed by atoms with E-state index < -0.39 is 11.4 Å². The van der Waals surface area contributed by atoms with Gasteiger partial charge in [0.1, 0.15) is 0 Å². The summed E-state index contributed by atoms with van der Waals surface area (Å²) >= 11 is 0. The predicted molar refractivity (Wildman–Crippen MR) is 68.2 cm³/mol. The molecule has 1 spiro atoms. The Hall–Kier alpha value is -0.970. The van der Waals surface area contributed by atoms with Crippen molar-refractivity contribution in [3.05, 3.63) is 30.1 Å². The summed E-state index contributed by atoms with van der Waals surface area (Å²) in [6, 6.07) is 3.88. The smallest absolute Gasteiger partial charge is 0.171 e. The first-order valence-electron chi connectivity index (χ1n) is 7.14. The maximum absolute atomic E-state index is 11.1. The molecule has 1 aromatic rings. The van der Waals surface area contributed by atoms with Crippen LogP contribution in [0, 0.1) is 11.8 Å². The molecule has 4 nitrogen and oxygen atoms in total. The summed E-state index contributed by atoms with van der Waals surface area (Å²) in [4.78, 5) is 4.16. The maximum atomic E-state index is 11.1. The van der Waals surface area contributed by atoms with E-state index in [-0.39, 0.29) is 5.92 Å². The topological polar surface area (TPSA) is 51.6 Å². The van der Waals surface area contributed by atoms with Crippen molar-refractivity contribution in [3.8, 4) is 0 Å². The average molecular weight is 261 g/mol. The molecule has 0 aromatic carbocycles. The fourth-order valence-electron chi connectivity index (χ4n) is 4.24. The summed E-state index contributed by atoms with van der Waals surface area (Å²) in [7, 11) is 0. The van der Waals surface area contributed by atoms with Crippen molar-refractivity contribution >= 4 is 0 Å². The van der Waals surface area contributed by atoms with Crippen LogP contribution < -0.4 is 0 Å². The molecule has 4 heteroatoms. The lowest BCUT2D eigenvalue weighted by atomic mass is 9.57. The van der Waals surface area contributed by atoms with Crippen molar-refractivity contribution in [3.63, 3.8) is 0 Å². The Morgan fingerprint density at radius 1 is 1.16 bits per heavy atom. The SMILES string of the molecule is OC1(c2cccnc2)CC2CCC1CC21OCCO1. The van der Waals surface area contributed by atoms with Gasteiger partial charge in [-0.3, -0.25) is 4.98 Å². The molecule has 4 aliphatic rings. The van der Waals surface area contributed by atoms with Crippen molar-refractivity contribution in [1.82, 2.24) is 4.98 Å². The van der Waals surface area contributed by atoms with Gasteiger partial charge in [0.25, 0.3) is 0 Å². The molecule has 5 rings (SSSR count). The third-order valence-corrected chi connectivity index (χ3v) is 5.19. The molecule has 3 atom stereocenters. The van der Waals surface area contributed by atoms with Gasteiger partial charge in [-0.05, 0) is 31.2 Å². The van der Waals surface area contributed by atoms with E-state index in [0.717, 1.165) is 31.2 Å². The molecule has 3 unspecified atom stereocenters. The van der Waals surface area contributed by atoms with Crippen LogP contribution in [-0.2, 0) is 15.1 Å². The summed E-state index contributed by atoms with van der Waals surface area (Å²) < 4.78 is 11.8. The second-order valence-corrected chi connectivity index (χ2v) is 6.05. The van der Waals surface area contributed by atoms with E-state index in [1.807, 2.05) is 12.1 Å². The first-order valence-corrected chi connectivity index (χ1v) is 7.14. The average Bonchev–Trinajstić information content (AvgIpc) is 2.90. The Balaban J connectivity index is 1.68. The first kappa shape index (κ1) is 11.8. The molecule has 0 radical (unpaired) electrons. The van der Waals surface area contributed by atoms with Crippen LogP contribution >= 0.6 is 0 Å². The quantitative estimate of drug-likeness (QED) is 0.838. The van der Waals surface area contributed by atoms with Crippen molar-refractivity contribution in [2.24, 2.45) is 11.8 Å². The Bertz CT molecular complexity index is 472. The van der Waals surface area contributed by atoms with Gasteiger partial charge >= 0.3 is 0 Å². The predicted octanol–water partition coefficient (Wildman–Crippen LogP) is 1.83. The monoisotopic (exact) mass is 261 g/mol. The zero-order chi connectivity index (χ0) is 12.9. The van der Waals surface area contributed by atoms with Crippen LogP contribution in [0.25, 0.3) is 0 Å². The normalized spacial score (nSPS) is 39.8. The number of aromatic nitrogens is 1. The lowest BCUT2D eigenvalue weighted by Gasteiger charge is -2.55. The zero-order valence-electron chi connectivity index (χ0n) is 10.9. The molecule has 19 heavy (non-hydrogen) atoms. The summed E-state index contributed by atoms with van der Waals surface area (Å²) in [6.45, 7) is 1.38. The van der Waals surface area contributed by atoms with Gasteiger partial charge in [-0.2, -0.15) is 0 Å². The highest BCUT2D eigenvalue weighted by Gasteiger charge is 2.60. The van der Waals surface area contributed by atoms with Gasteiger partial charge in [-0.15, -0.1) is 0 Å². The van der Waals surface area contributed by atoms with E-state index in [9.17, 15) is 5.11 Å². The second-order valence-electron chi connectivity index (χ2n) is 6.05. The van der Waals surface area contributed by atoms with Crippen molar-refractivity contribution in [2.75, 3.05) is 13.2 Å². The van der Waals surface area contributed by atoms with Crippen LogP contribution in [0.15, 0.2) is 24.5 Å². The molecular weight excluding hydrogens is 242 g/mol. The van der Waals surface area contributed by atoms with Crippen LogP contribution in [0.1, 0.15) is 31.2 Å². The van der Waals surface area contributed by atoms with Crippen LogP contribution in [0.3, 0.4) is 0 Å². The molecular formula is C15H19NO3. The molecule has 1 aliphatic heterocycles. The minimum absolute atomic E-state index is 0.208. The largest absolute Gasteiger partial charge is 0.385 e. The van der Waals surface area contributed by atoms with Gasteiger partial charge in [-0.25, -0.2) is 0 Å². The van der Waals surface area contributed by atoms with Crippen LogP contribution in [-0.4, -0.2) is 29.1 Å². The number of aliphatic hydroxyl groups is 1. The lowest BCUT2D eigenvalue weighted by Crippen LogP contribution is -2.57. The highest BCUT2D eigenvalue weighted by molar-refractivity contribution is 5.23. The van der Waals surface area contributed by atoms with Crippen LogP contribution in [0.2, 0.25) is 0 Å². The highest BCUT2D eigenvalue weighted by atomic mass is 16.7. The van der Waals surface area contributed by atoms with Crippen LogP contribution in [0.5, 0.6) is 0 Å². The Morgan fingerprint density at radius 2 is 1.95 bits per heavy atom. The third kappa shape index (κ3) is 1.60. The lowest BCUT2D eigenvalue weighted by molar-refractivity contribution is -0.280.